The first-order chi connectivity index (χ1) is 13.3. The molecular weight excluding hydrogens is 463 g/mol. The van der Waals surface area contributed by atoms with Crippen LogP contribution in [0.1, 0.15) is 12.8 Å². The second-order valence-electron chi connectivity index (χ2n) is 6.85. The fourth-order valence-electron chi connectivity index (χ4n) is 3.11. The van der Waals surface area contributed by atoms with Gasteiger partial charge >= 0.3 is 12.5 Å². The van der Waals surface area contributed by atoms with E-state index in [1.54, 1.807) is 0 Å². The molecule has 160 valence electrons. The summed E-state index contributed by atoms with van der Waals surface area (Å²) in [6, 6.07) is 3.97. The summed E-state index contributed by atoms with van der Waals surface area (Å²) in [7, 11) is 1.39. The van der Waals surface area contributed by atoms with Crippen molar-refractivity contribution in [3.05, 3.63) is 24.3 Å². The molecule has 0 radical (unpaired) electrons. The summed E-state index contributed by atoms with van der Waals surface area (Å²) in [5.41, 5.74) is 0.164. The molecule has 1 heterocycles. The normalized spacial score (nSPS) is 26.0. The van der Waals surface area contributed by atoms with Gasteiger partial charge in [-0.3, -0.25) is 9.59 Å². The van der Waals surface area contributed by atoms with Crippen molar-refractivity contribution >= 4 is 52.3 Å². The fourth-order valence-corrected chi connectivity index (χ4v) is 4.15. The predicted molar refractivity (Wildman–Crippen MR) is 99.2 cm³/mol. The molecule has 12 heteroatoms. The van der Waals surface area contributed by atoms with Crippen molar-refractivity contribution in [1.82, 2.24) is 4.90 Å². The minimum atomic E-state index is -4.67. The lowest BCUT2D eigenvalue weighted by molar-refractivity contribution is -0.253. The van der Waals surface area contributed by atoms with Crippen LogP contribution in [-0.2, 0) is 9.59 Å². The van der Waals surface area contributed by atoms with Crippen molar-refractivity contribution in [2.75, 3.05) is 18.5 Å². The van der Waals surface area contributed by atoms with Crippen LogP contribution in [0.4, 0.5) is 23.2 Å². The van der Waals surface area contributed by atoms with Gasteiger partial charge in [-0.1, -0.05) is 29.3 Å². The Kier molecular flexibility index (Phi) is 5.64. The Balaban J connectivity index is 1.73. The quantitative estimate of drug-likeness (QED) is 0.459. The average molecular weight is 478 g/mol. The Morgan fingerprint density at radius 3 is 2.52 bits per heavy atom. The van der Waals surface area contributed by atoms with Crippen LogP contribution in [0.2, 0.25) is 0 Å². The first kappa shape index (κ1) is 22.2. The molecular formula is C17H15Cl3F4N2O3. The highest BCUT2D eigenvalue weighted by Crippen LogP contribution is 2.62. The van der Waals surface area contributed by atoms with Gasteiger partial charge in [-0.15, -0.1) is 11.6 Å². The summed E-state index contributed by atoms with van der Waals surface area (Å²) < 4.78 is 53.5. The summed E-state index contributed by atoms with van der Waals surface area (Å²) in [6.07, 6.45) is -8.40. The number of benzene rings is 1. The van der Waals surface area contributed by atoms with E-state index >= 15 is 0 Å². The van der Waals surface area contributed by atoms with Crippen molar-refractivity contribution in [2.24, 2.45) is 0 Å². The number of anilines is 1. The largest absolute Gasteiger partial charge is 0.461 e. The summed E-state index contributed by atoms with van der Waals surface area (Å²) in [5.74, 6) is -1.62. The Hall–Kier alpha value is -1.45. The molecule has 1 aliphatic heterocycles. The van der Waals surface area contributed by atoms with Crippen molar-refractivity contribution < 1.29 is 31.9 Å². The zero-order valence-electron chi connectivity index (χ0n) is 14.9. The van der Waals surface area contributed by atoms with Crippen LogP contribution in [-0.4, -0.2) is 58.1 Å². The zero-order valence-corrected chi connectivity index (χ0v) is 17.1. The van der Waals surface area contributed by atoms with E-state index in [-0.39, 0.29) is 25.1 Å². The third-order valence-corrected chi connectivity index (χ3v) is 6.59. The Labute approximate surface area is 178 Å². The van der Waals surface area contributed by atoms with Gasteiger partial charge in [-0.25, -0.2) is 0 Å². The molecule has 2 unspecified atom stereocenters. The highest BCUT2D eigenvalue weighted by atomic mass is 35.5. The first-order valence-electron chi connectivity index (χ1n) is 8.40. The summed E-state index contributed by atoms with van der Waals surface area (Å²) in [5, 5.41) is 0. The van der Waals surface area contributed by atoms with Crippen molar-refractivity contribution in [3.8, 4) is 5.75 Å². The number of rotatable bonds is 6. The summed E-state index contributed by atoms with van der Waals surface area (Å²) in [6.45, 7) is 0.165. The molecule has 29 heavy (non-hydrogen) atoms. The van der Waals surface area contributed by atoms with Gasteiger partial charge in [0.1, 0.15) is 16.1 Å². The van der Waals surface area contributed by atoms with Gasteiger partial charge in [-0.2, -0.15) is 17.6 Å². The Morgan fingerprint density at radius 2 is 1.97 bits per heavy atom. The van der Waals surface area contributed by atoms with Gasteiger partial charge in [0.2, 0.25) is 11.8 Å². The number of alkyl halides is 7. The van der Waals surface area contributed by atoms with E-state index in [2.05, 4.69) is 4.74 Å². The maximum Gasteiger partial charge on any atom is 0.461 e. The number of hydrogen-bond donors (Lipinski definition) is 0. The van der Waals surface area contributed by atoms with Gasteiger partial charge in [0, 0.05) is 31.8 Å². The second-order valence-corrected chi connectivity index (χ2v) is 8.98. The number of ether oxygens (including phenoxy) is 1. The third kappa shape index (κ3) is 3.96. The highest BCUT2D eigenvalue weighted by Gasteiger charge is 2.72. The minimum Gasteiger partial charge on any atom is -0.428 e. The van der Waals surface area contributed by atoms with Gasteiger partial charge in [0.15, 0.2) is 4.87 Å². The lowest BCUT2D eigenvalue weighted by Crippen LogP contribution is -2.47. The molecule has 3 rings (SSSR count). The molecule has 0 bridgehead atoms. The Bertz CT molecular complexity index is 842. The molecule has 2 fully saturated rings. The molecule has 1 saturated heterocycles. The molecule has 2 aliphatic rings. The van der Waals surface area contributed by atoms with Crippen LogP contribution in [0.5, 0.6) is 5.75 Å². The van der Waals surface area contributed by atoms with E-state index in [0.717, 1.165) is 17.0 Å². The predicted octanol–water partition coefficient (Wildman–Crippen LogP) is 4.04. The van der Waals surface area contributed by atoms with Crippen LogP contribution < -0.4 is 9.64 Å². The molecule has 5 nitrogen and oxygen atoms in total. The second kappa shape index (κ2) is 7.35. The SMILES string of the molecule is CN(C(=O)C1(Cl)CC1(Cl)Cl)C1CCN(c2cccc(OC(F)(F)C(F)F)c2)C1=O. The third-order valence-electron chi connectivity index (χ3n) is 4.86. The van der Waals surface area contributed by atoms with Crippen LogP contribution >= 0.6 is 34.8 Å². The van der Waals surface area contributed by atoms with Crippen molar-refractivity contribution in [1.29, 1.82) is 0 Å². The van der Waals surface area contributed by atoms with Gasteiger partial charge in [0.25, 0.3) is 0 Å². The lowest BCUT2D eigenvalue weighted by Gasteiger charge is -2.26. The van der Waals surface area contributed by atoms with Crippen LogP contribution in [0, 0.1) is 0 Å². The van der Waals surface area contributed by atoms with E-state index < -0.39 is 45.3 Å². The van der Waals surface area contributed by atoms with Gasteiger partial charge in [0.05, 0.1) is 0 Å². The summed E-state index contributed by atoms with van der Waals surface area (Å²) >= 11 is 18.0. The molecule has 1 aromatic carbocycles. The number of carbonyl (C=O) groups is 2. The van der Waals surface area contributed by atoms with Gasteiger partial charge < -0.3 is 14.5 Å². The van der Waals surface area contributed by atoms with Crippen LogP contribution in [0.15, 0.2) is 24.3 Å². The first-order valence-corrected chi connectivity index (χ1v) is 9.54. The topological polar surface area (TPSA) is 49.9 Å². The molecule has 0 aromatic heterocycles. The van der Waals surface area contributed by atoms with Crippen molar-refractivity contribution in [2.45, 2.75) is 40.6 Å². The van der Waals surface area contributed by atoms with Crippen molar-refractivity contribution in [3.63, 3.8) is 0 Å². The maximum atomic E-state index is 13.1. The maximum absolute atomic E-state index is 13.1. The molecule has 0 N–H and O–H groups in total. The fraction of sp³-hybridized carbons (Fsp3) is 0.529. The van der Waals surface area contributed by atoms with Crippen LogP contribution in [0.25, 0.3) is 0 Å². The average Bonchev–Trinajstić information content (AvgIpc) is 2.95. The standard InChI is InChI=1S/C17H15Cl3F4N2O3/c1-25(14(28)15(18)8-16(15,19)20)11-5-6-26(12(11)27)9-3-2-4-10(7-9)29-17(23,24)13(21)22/h2-4,7,11,13H,5-6,8H2,1H3. The van der Waals surface area contributed by atoms with E-state index in [0.29, 0.717) is 0 Å². The van der Waals surface area contributed by atoms with E-state index in [4.69, 9.17) is 34.8 Å². The number of nitrogens with zero attached hydrogens (tertiary/aromatic N) is 2. The van der Waals surface area contributed by atoms with E-state index in [1.165, 1.54) is 24.1 Å². The summed E-state index contributed by atoms with van der Waals surface area (Å²) in [4.78, 5) is 26.2. The minimum absolute atomic E-state index is 0.0379. The number of amides is 2. The van der Waals surface area contributed by atoms with E-state index in [1.807, 2.05) is 0 Å². The Morgan fingerprint density at radius 1 is 1.34 bits per heavy atom. The van der Waals surface area contributed by atoms with E-state index in [9.17, 15) is 27.2 Å². The van der Waals surface area contributed by atoms with Gasteiger partial charge in [-0.05, 0) is 18.6 Å². The molecule has 1 aromatic rings. The highest BCUT2D eigenvalue weighted by molar-refractivity contribution is 6.62. The monoisotopic (exact) mass is 476 g/mol. The molecule has 1 saturated carbocycles. The zero-order chi connectivity index (χ0) is 21.8. The molecule has 2 amide bonds. The molecule has 0 spiro atoms. The molecule has 2 atom stereocenters. The lowest BCUT2D eigenvalue weighted by atomic mass is 10.2. The number of carbonyl (C=O) groups excluding carboxylic acids is 2. The van der Waals surface area contributed by atoms with Crippen LogP contribution in [0.3, 0.4) is 0 Å². The molecule has 1 aliphatic carbocycles. The number of hydrogen-bond acceptors (Lipinski definition) is 3. The smallest absolute Gasteiger partial charge is 0.428 e. The number of halogens is 7. The number of likely N-dealkylation sites (N-methyl/N-ethyl adjacent to an activating group) is 1.